The van der Waals surface area contributed by atoms with Gasteiger partial charge in [-0.15, -0.1) is 0 Å². The minimum Gasteiger partial charge on any atom is -0.497 e. The van der Waals surface area contributed by atoms with Crippen molar-refractivity contribution in [2.45, 2.75) is 37.1 Å². The zero-order chi connectivity index (χ0) is 33.6. The summed E-state index contributed by atoms with van der Waals surface area (Å²) in [4.78, 5) is 38.7. The number of ether oxygens (including phenoxy) is 5. The predicted molar refractivity (Wildman–Crippen MR) is 174 cm³/mol. The van der Waals surface area contributed by atoms with Crippen LogP contribution in [-0.2, 0) is 29.1 Å². The SMILES string of the molecule is COc1ccc(C(OC[C@H]2O[C@@H](n3ccc(NC(C)=O)nc3=O)[C@H](OC)[C@@H]2OP(N)O)(c2ccccc2)c2ccc(OC)cc2)cc1. The third kappa shape index (κ3) is 7.37. The quantitative estimate of drug-likeness (QED) is 0.141. The van der Waals surface area contributed by atoms with Crippen molar-refractivity contribution in [1.82, 2.24) is 9.55 Å². The summed E-state index contributed by atoms with van der Waals surface area (Å²) in [7, 11) is 2.27. The van der Waals surface area contributed by atoms with E-state index >= 15 is 0 Å². The molecular weight excluding hydrogens is 627 g/mol. The Labute approximate surface area is 273 Å². The molecule has 0 spiro atoms. The third-order valence-electron chi connectivity index (χ3n) is 7.83. The van der Waals surface area contributed by atoms with Crippen molar-refractivity contribution in [3.05, 3.63) is 118 Å². The summed E-state index contributed by atoms with van der Waals surface area (Å²) >= 11 is 0. The van der Waals surface area contributed by atoms with Gasteiger partial charge in [-0.3, -0.25) is 14.9 Å². The first kappa shape index (κ1) is 34.1. The molecular formula is C33H37N4O9P. The van der Waals surface area contributed by atoms with Gasteiger partial charge >= 0.3 is 5.69 Å². The first-order valence-electron chi connectivity index (χ1n) is 14.6. The van der Waals surface area contributed by atoms with Crippen molar-refractivity contribution >= 4 is 20.3 Å². The smallest absolute Gasteiger partial charge is 0.351 e. The molecule has 0 saturated carbocycles. The Morgan fingerprint density at radius 2 is 1.51 bits per heavy atom. The molecule has 5 rings (SSSR count). The number of nitrogens with two attached hydrogens (primary N) is 1. The molecule has 0 aliphatic carbocycles. The number of nitrogens with zero attached hydrogens (tertiary/aromatic N) is 2. The lowest BCUT2D eigenvalue weighted by Gasteiger charge is -2.37. The molecule has 248 valence electrons. The van der Waals surface area contributed by atoms with Crippen LogP contribution in [0, 0.1) is 0 Å². The summed E-state index contributed by atoms with van der Waals surface area (Å²) in [5.74, 6) is 1.06. The van der Waals surface area contributed by atoms with E-state index in [-0.39, 0.29) is 18.3 Å². The van der Waals surface area contributed by atoms with E-state index in [1.54, 1.807) is 14.2 Å². The van der Waals surface area contributed by atoms with Gasteiger partial charge in [-0.25, -0.2) is 4.79 Å². The Kier molecular flexibility index (Phi) is 11.0. The van der Waals surface area contributed by atoms with Gasteiger partial charge in [0.25, 0.3) is 8.53 Å². The average molecular weight is 665 g/mol. The Bertz CT molecular complexity index is 1640. The molecule has 47 heavy (non-hydrogen) atoms. The summed E-state index contributed by atoms with van der Waals surface area (Å²) < 4.78 is 37.0. The van der Waals surface area contributed by atoms with Crippen LogP contribution in [0.3, 0.4) is 0 Å². The van der Waals surface area contributed by atoms with Crippen molar-refractivity contribution in [3.63, 3.8) is 0 Å². The molecule has 14 heteroatoms. The van der Waals surface area contributed by atoms with Crippen LogP contribution in [0.4, 0.5) is 5.82 Å². The first-order valence-corrected chi connectivity index (χ1v) is 15.9. The summed E-state index contributed by atoms with van der Waals surface area (Å²) in [6.07, 6.45) is -2.33. The number of rotatable bonds is 13. The number of nitrogens with one attached hydrogen (secondary N) is 1. The number of methoxy groups -OCH3 is 3. The van der Waals surface area contributed by atoms with E-state index in [0.29, 0.717) is 11.5 Å². The Hall–Kier alpha value is -4.20. The molecule has 1 unspecified atom stereocenters. The van der Waals surface area contributed by atoms with Crippen molar-refractivity contribution in [1.29, 1.82) is 0 Å². The lowest BCUT2D eigenvalue weighted by molar-refractivity contribution is -0.114. The molecule has 4 N–H and O–H groups in total. The van der Waals surface area contributed by atoms with Gasteiger partial charge < -0.3 is 38.4 Å². The second-order valence-corrected chi connectivity index (χ2v) is 11.5. The van der Waals surface area contributed by atoms with Gasteiger partial charge in [0.1, 0.15) is 41.2 Å². The van der Waals surface area contributed by atoms with Crippen molar-refractivity contribution < 1.29 is 37.9 Å². The van der Waals surface area contributed by atoms with Crippen molar-refractivity contribution in [2.24, 2.45) is 5.50 Å². The number of hydrogen-bond donors (Lipinski definition) is 3. The maximum atomic E-state index is 13.1. The van der Waals surface area contributed by atoms with Gasteiger partial charge in [-0.1, -0.05) is 54.6 Å². The molecule has 1 saturated heterocycles. The summed E-state index contributed by atoms with van der Waals surface area (Å²) in [5, 5.41) is 2.49. The highest BCUT2D eigenvalue weighted by atomic mass is 31.2. The van der Waals surface area contributed by atoms with E-state index in [4.69, 9.17) is 33.7 Å². The Morgan fingerprint density at radius 3 is 2.00 bits per heavy atom. The van der Waals surface area contributed by atoms with Gasteiger partial charge in [0, 0.05) is 20.2 Å². The van der Waals surface area contributed by atoms with E-state index in [1.807, 2.05) is 78.9 Å². The molecule has 1 amide bonds. The van der Waals surface area contributed by atoms with Crippen molar-refractivity contribution in [2.75, 3.05) is 33.3 Å². The van der Waals surface area contributed by atoms with E-state index in [1.165, 1.54) is 30.9 Å². The number of aromatic nitrogens is 2. The van der Waals surface area contributed by atoms with E-state index in [9.17, 15) is 14.5 Å². The highest BCUT2D eigenvalue weighted by Gasteiger charge is 2.50. The Balaban J connectivity index is 1.58. The number of carbonyl (C=O) groups is 1. The van der Waals surface area contributed by atoms with Gasteiger partial charge in [-0.2, -0.15) is 4.98 Å². The summed E-state index contributed by atoms with van der Waals surface area (Å²) in [6, 6.07) is 26.3. The van der Waals surface area contributed by atoms with Gasteiger partial charge in [0.05, 0.1) is 20.8 Å². The molecule has 2 heterocycles. The summed E-state index contributed by atoms with van der Waals surface area (Å²) in [6.45, 7) is 1.22. The third-order valence-corrected chi connectivity index (χ3v) is 8.29. The number of amides is 1. The average Bonchev–Trinajstić information content (AvgIpc) is 3.41. The van der Waals surface area contributed by atoms with Gasteiger partial charge in [0.15, 0.2) is 6.23 Å². The number of benzene rings is 3. The molecule has 4 aromatic rings. The largest absolute Gasteiger partial charge is 0.497 e. The fourth-order valence-electron chi connectivity index (χ4n) is 5.71. The summed E-state index contributed by atoms with van der Waals surface area (Å²) in [5.41, 5.74) is 6.27. The molecule has 13 nitrogen and oxygen atoms in total. The topological polar surface area (TPSA) is 166 Å². The normalized spacial score (nSPS) is 20.0. The van der Waals surface area contributed by atoms with Crippen LogP contribution < -0.4 is 26.0 Å². The molecule has 1 fully saturated rings. The molecule has 1 aromatic heterocycles. The van der Waals surface area contributed by atoms with Gasteiger partial charge in [0.2, 0.25) is 5.91 Å². The highest BCUT2D eigenvalue weighted by molar-refractivity contribution is 7.43. The van der Waals surface area contributed by atoms with Crippen LogP contribution in [0.1, 0.15) is 29.8 Å². The maximum Gasteiger partial charge on any atom is 0.351 e. The van der Waals surface area contributed by atoms with Crippen molar-refractivity contribution in [3.8, 4) is 11.5 Å². The van der Waals surface area contributed by atoms with Gasteiger partial charge in [-0.05, 0) is 47.0 Å². The molecule has 3 aromatic carbocycles. The maximum absolute atomic E-state index is 13.1. The van der Waals surface area contributed by atoms with Crippen LogP contribution in [0.25, 0.3) is 0 Å². The lowest BCUT2D eigenvalue weighted by atomic mass is 9.80. The minimum absolute atomic E-state index is 0.0888. The van der Waals surface area contributed by atoms with E-state index in [2.05, 4.69) is 10.3 Å². The fraction of sp³-hybridized carbons (Fsp3) is 0.303. The second kappa shape index (κ2) is 15.1. The standard InChI is InChI=1S/C33H37N4O9P/c1-21(38)35-28-18-19-37(32(39)36-28)31-30(43-4)29(46-47(34)40)27(45-31)20-44-33(22-8-6-5-7-9-22,23-10-14-25(41-2)15-11-23)24-12-16-26(42-3)17-13-24/h5-19,27,29-31,40H,20,34H2,1-4H3,(H,35,36,38,39)/t27-,29-,30-,31-,47?/m1/s1. The van der Waals surface area contributed by atoms with Crippen LogP contribution in [0.5, 0.6) is 11.5 Å². The van der Waals surface area contributed by atoms with E-state index in [0.717, 1.165) is 16.7 Å². The second-order valence-electron chi connectivity index (χ2n) is 10.6. The van der Waals surface area contributed by atoms with Crippen LogP contribution in [0.15, 0.2) is 95.9 Å². The van der Waals surface area contributed by atoms with Crippen LogP contribution in [-0.4, -0.2) is 66.6 Å². The highest BCUT2D eigenvalue weighted by Crippen LogP contribution is 2.44. The zero-order valence-corrected chi connectivity index (χ0v) is 27.2. The zero-order valence-electron chi connectivity index (χ0n) is 26.3. The Morgan fingerprint density at radius 1 is 0.936 bits per heavy atom. The fourth-order valence-corrected chi connectivity index (χ4v) is 6.21. The number of carbonyl (C=O) groups excluding carboxylic acids is 1. The number of anilines is 1. The molecule has 0 bridgehead atoms. The molecule has 0 radical (unpaired) electrons. The minimum atomic E-state index is -2.36. The number of hydrogen-bond acceptors (Lipinski definition) is 11. The molecule has 5 atom stereocenters. The molecule has 1 aliphatic heterocycles. The first-order chi connectivity index (χ1) is 22.7. The van der Waals surface area contributed by atoms with Crippen LogP contribution >= 0.6 is 8.53 Å². The molecule has 1 aliphatic rings. The monoisotopic (exact) mass is 664 g/mol. The lowest BCUT2D eigenvalue weighted by Crippen LogP contribution is -2.41. The predicted octanol–water partition coefficient (Wildman–Crippen LogP) is 3.70. The van der Waals surface area contributed by atoms with Crippen LogP contribution in [0.2, 0.25) is 0 Å². The van der Waals surface area contributed by atoms with E-state index < -0.39 is 44.4 Å².